The smallest absolute Gasteiger partial charge is 0.299 e. The Balaban J connectivity index is 2.21. The van der Waals surface area contributed by atoms with Crippen molar-refractivity contribution in [3.63, 3.8) is 0 Å². The van der Waals surface area contributed by atoms with Crippen LogP contribution in [0.4, 0.5) is 0 Å². The van der Waals surface area contributed by atoms with Crippen LogP contribution in [-0.4, -0.2) is 41.9 Å². The van der Waals surface area contributed by atoms with Gasteiger partial charge in [-0.05, 0) is 35.6 Å². The Hall–Kier alpha value is -2.57. The maximum Gasteiger partial charge on any atom is 0.299 e. The van der Waals surface area contributed by atoms with E-state index in [0.29, 0.717) is 0 Å². The lowest BCUT2D eigenvalue weighted by molar-refractivity contribution is 0.0969. The molecule has 28 heavy (non-hydrogen) atoms. The summed E-state index contributed by atoms with van der Waals surface area (Å²) in [5.74, 6) is -0.597. The zero-order chi connectivity index (χ0) is 20.7. The van der Waals surface area contributed by atoms with E-state index < -0.39 is 42.4 Å². The second-order valence-corrected chi connectivity index (χ2v) is 9.24. The van der Waals surface area contributed by atoms with Gasteiger partial charge in [0.05, 0.1) is 4.90 Å². The first kappa shape index (κ1) is 20.2. The largest absolute Gasteiger partial charge is 0.369 e. The van der Waals surface area contributed by atoms with Gasteiger partial charge >= 0.3 is 0 Å². The summed E-state index contributed by atoms with van der Waals surface area (Å²) in [6.45, 7) is 0. The number of rotatable bonds is 4. The number of hydrogen-bond acceptors (Lipinski definition) is 6. The van der Waals surface area contributed by atoms with Gasteiger partial charge < -0.3 is 10.4 Å². The molecule has 1 aliphatic carbocycles. The molecule has 0 saturated carbocycles. The third-order valence-electron chi connectivity index (χ3n) is 4.20. The second-order valence-electron chi connectivity index (χ2n) is 6.16. The summed E-state index contributed by atoms with van der Waals surface area (Å²) in [5.41, 5.74) is 0.212. The molecule has 2 aromatic carbocycles. The van der Waals surface area contributed by atoms with Gasteiger partial charge in [0, 0.05) is 22.9 Å². The highest BCUT2D eigenvalue weighted by atomic mass is 32.2. The van der Waals surface area contributed by atoms with Crippen LogP contribution < -0.4 is 15.8 Å². The van der Waals surface area contributed by atoms with Crippen molar-refractivity contribution in [1.82, 2.24) is 5.32 Å². The van der Waals surface area contributed by atoms with Crippen molar-refractivity contribution in [3.8, 4) is 0 Å². The molecule has 1 amide bonds. The summed E-state index contributed by atoms with van der Waals surface area (Å²) in [6, 6.07) is 11.2. The Morgan fingerprint density at radius 3 is 2.21 bits per heavy atom. The predicted molar refractivity (Wildman–Crippen MR) is 98.4 cm³/mol. The zero-order valence-corrected chi connectivity index (χ0v) is 15.7. The summed E-state index contributed by atoms with van der Waals surface area (Å²) in [6.07, 6.45) is 0.0765. The SMILES string of the molecule is O=C(NC1=c2ccc(S(=O)(=O)O)cc2=CC(O)(S(=O)(=O)O)C1)c1ccccc1. The molecule has 148 valence electrons. The first-order chi connectivity index (χ1) is 12.9. The maximum atomic E-state index is 12.4. The standard InChI is InChI=1S/C17H15NO8S2/c19-16(11-4-2-1-3-5-11)18-15-10-17(20,28(24,25)26)9-12-8-13(27(21,22)23)6-7-14(12)15/h1-9,20H,10H2,(H,18,19)(H,21,22,23)(H,24,25,26). The van der Waals surface area contributed by atoms with Crippen LogP contribution in [0.3, 0.4) is 0 Å². The van der Waals surface area contributed by atoms with Crippen LogP contribution >= 0.6 is 0 Å². The second kappa shape index (κ2) is 6.79. The van der Waals surface area contributed by atoms with E-state index in [1.165, 1.54) is 18.2 Å². The van der Waals surface area contributed by atoms with Crippen LogP contribution in [0.15, 0.2) is 53.4 Å². The molecule has 11 heteroatoms. The molecule has 0 saturated heterocycles. The normalized spacial score (nSPS) is 19.5. The Labute approximate surface area is 160 Å². The van der Waals surface area contributed by atoms with Gasteiger partial charge in [-0.1, -0.05) is 24.3 Å². The van der Waals surface area contributed by atoms with Gasteiger partial charge in [-0.3, -0.25) is 13.9 Å². The van der Waals surface area contributed by atoms with Gasteiger partial charge in [0.15, 0.2) is 0 Å². The van der Waals surface area contributed by atoms with Gasteiger partial charge in [-0.2, -0.15) is 16.8 Å². The highest BCUT2D eigenvalue weighted by molar-refractivity contribution is 7.87. The minimum Gasteiger partial charge on any atom is -0.369 e. The molecule has 0 radical (unpaired) electrons. The monoisotopic (exact) mass is 425 g/mol. The van der Waals surface area contributed by atoms with Crippen LogP contribution in [-0.2, 0) is 20.2 Å². The van der Waals surface area contributed by atoms with Crippen LogP contribution in [0.5, 0.6) is 0 Å². The van der Waals surface area contributed by atoms with Crippen LogP contribution in [0, 0.1) is 0 Å². The highest BCUT2D eigenvalue weighted by Gasteiger charge is 2.41. The van der Waals surface area contributed by atoms with Crippen molar-refractivity contribution in [1.29, 1.82) is 0 Å². The van der Waals surface area contributed by atoms with Crippen LogP contribution in [0.25, 0.3) is 11.8 Å². The molecular formula is C17H15NO8S2. The van der Waals surface area contributed by atoms with Crippen molar-refractivity contribution in [2.24, 2.45) is 0 Å². The fourth-order valence-electron chi connectivity index (χ4n) is 2.81. The summed E-state index contributed by atoms with van der Waals surface area (Å²) < 4.78 is 64.7. The molecule has 3 rings (SSSR count). The maximum absolute atomic E-state index is 12.4. The van der Waals surface area contributed by atoms with E-state index in [0.717, 1.165) is 18.2 Å². The number of carbonyl (C=O) groups is 1. The Bertz CT molecular complexity index is 1280. The molecule has 1 aliphatic rings. The van der Waals surface area contributed by atoms with E-state index in [2.05, 4.69) is 5.32 Å². The predicted octanol–water partition coefficient (Wildman–Crippen LogP) is -0.768. The van der Waals surface area contributed by atoms with Gasteiger partial charge in [0.1, 0.15) is 0 Å². The molecule has 0 aromatic heterocycles. The summed E-state index contributed by atoms with van der Waals surface area (Å²) in [7, 11) is -9.64. The number of nitrogens with one attached hydrogen (secondary N) is 1. The van der Waals surface area contributed by atoms with Crippen molar-refractivity contribution in [2.45, 2.75) is 16.2 Å². The minimum atomic E-state index is -5.03. The minimum absolute atomic E-state index is 0.0478. The summed E-state index contributed by atoms with van der Waals surface area (Å²) in [5, 5.41) is 13.0. The highest BCUT2D eigenvalue weighted by Crippen LogP contribution is 2.25. The van der Waals surface area contributed by atoms with Gasteiger partial charge in [-0.25, -0.2) is 0 Å². The molecular weight excluding hydrogens is 410 g/mol. The van der Waals surface area contributed by atoms with E-state index in [-0.39, 0.29) is 21.7 Å². The van der Waals surface area contributed by atoms with E-state index in [9.17, 15) is 35.8 Å². The average molecular weight is 425 g/mol. The van der Waals surface area contributed by atoms with Crippen molar-refractivity contribution in [2.75, 3.05) is 0 Å². The number of carbonyl (C=O) groups excluding carboxylic acids is 1. The zero-order valence-electron chi connectivity index (χ0n) is 14.1. The molecule has 0 heterocycles. The third-order valence-corrected chi connectivity index (χ3v) is 6.21. The number of amides is 1. The van der Waals surface area contributed by atoms with Gasteiger partial charge in [-0.15, -0.1) is 0 Å². The Morgan fingerprint density at radius 1 is 1.00 bits per heavy atom. The molecule has 9 nitrogen and oxygen atoms in total. The number of hydrogen-bond donors (Lipinski definition) is 4. The summed E-state index contributed by atoms with van der Waals surface area (Å²) in [4.78, 5) is 9.10. The molecule has 0 fully saturated rings. The lowest BCUT2D eigenvalue weighted by Crippen LogP contribution is -2.48. The van der Waals surface area contributed by atoms with E-state index in [1.54, 1.807) is 18.2 Å². The van der Waals surface area contributed by atoms with Gasteiger partial charge in [0.25, 0.3) is 26.1 Å². The topological polar surface area (TPSA) is 158 Å². The molecule has 0 bridgehead atoms. The van der Waals surface area contributed by atoms with Crippen LogP contribution in [0.1, 0.15) is 16.8 Å². The fraction of sp³-hybridized carbons (Fsp3) is 0.118. The lowest BCUT2D eigenvalue weighted by Gasteiger charge is -2.26. The fourth-order valence-corrected chi connectivity index (χ4v) is 3.93. The molecule has 0 aliphatic heterocycles. The number of benzene rings is 2. The molecule has 1 atom stereocenters. The van der Waals surface area contributed by atoms with Gasteiger partial charge in [0.2, 0.25) is 4.93 Å². The quantitative estimate of drug-likeness (QED) is 0.465. The van der Waals surface area contributed by atoms with Crippen molar-refractivity contribution < 1.29 is 35.8 Å². The van der Waals surface area contributed by atoms with E-state index >= 15 is 0 Å². The van der Waals surface area contributed by atoms with Crippen molar-refractivity contribution in [3.05, 3.63) is 64.5 Å². The number of fused-ring (bicyclic) bond motifs is 1. The first-order valence-electron chi connectivity index (χ1n) is 7.80. The van der Waals surface area contributed by atoms with E-state index in [1.807, 2.05) is 0 Å². The van der Waals surface area contributed by atoms with Crippen LogP contribution in [0.2, 0.25) is 0 Å². The Kier molecular flexibility index (Phi) is 4.89. The molecule has 2 aromatic rings. The Morgan fingerprint density at radius 2 is 1.64 bits per heavy atom. The van der Waals surface area contributed by atoms with Crippen molar-refractivity contribution >= 4 is 37.9 Å². The summed E-state index contributed by atoms with van der Waals surface area (Å²) >= 11 is 0. The molecule has 0 spiro atoms. The molecule has 4 N–H and O–H groups in total. The third kappa shape index (κ3) is 3.84. The molecule has 1 unspecified atom stereocenters. The lowest BCUT2D eigenvalue weighted by atomic mass is 10.0. The number of aliphatic hydroxyl groups is 1. The average Bonchev–Trinajstić information content (AvgIpc) is 2.60. The first-order valence-corrected chi connectivity index (χ1v) is 10.7. The van der Waals surface area contributed by atoms with E-state index in [4.69, 9.17) is 0 Å².